The molecular weight excluding hydrogens is 477 g/mol. The van der Waals surface area contributed by atoms with Crippen molar-refractivity contribution in [2.45, 2.75) is 130 Å². The fourth-order valence-corrected chi connectivity index (χ4v) is 8.05. The molecule has 4 nitrogen and oxygen atoms in total. The van der Waals surface area contributed by atoms with Gasteiger partial charge in [-0.15, -0.1) is 0 Å². The molecule has 0 heterocycles. The molecule has 0 aromatic carbocycles. The van der Waals surface area contributed by atoms with E-state index in [-0.39, 0.29) is 0 Å². The zero-order chi connectivity index (χ0) is 26.7. The van der Waals surface area contributed by atoms with Gasteiger partial charge in [-0.1, -0.05) is 40.5 Å². The molecule has 3 rings (SSSR count). The van der Waals surface area contributed by atoms with Crippen LogP contribution >= 0.6 is 0 Å². The molecule has 0 N–H and O–H groups in total. The fraction of sp³-hybridized carbons (Fsp3) is 0.933. The van der Waals surface area contributed by atoms with Crippen LogP contribution in [0.5, 0.6) is 0 Å². The van der Waals surface area contributed by atoms with Crippen LogP contribution < -0.4 is 0 Å². The lowest BCUT2D eigenvalue weighted by Gasteiger charge is -2.39. The van der Waals surface area contributed by atoms with E-state index in [0.717, 1.165) is 26.1 Å². The van der Waals surface area contributed by atoms with Crippen LogP contribution in [0.4, 0.5) is 0 Å². The van der Waals surface area contributed by atoms with Gasteiger partial charge in [0.1, 0.15) is 0 Å². The topological polar surface area (TPSA) is 43.2 Å². The Balaban J connectivity index is 1.96. The van der Waals surface area contributed by atoms with Crippen LogP contribution in [0.2, 0.25) is 39.3 Å². The maximum atomic E-state index is 6.53. The van der Waals surface area contributed by atoms with Crippen molar-refractivity contribution in [3.05, 3.63) is 0 Å². The van der Waals surface area contributed by atoms with E-state index in [1.165, 1.54) is 49.9 Å². The van der Waals surface area contributed by atoms with Gasteiger partial charge in [-0.25, -0.2) is 0 Å². The highest BCUT2D eigenvalue weighted by molar-refractivity contribution is 6.70. The monoisotopic (exact) mass is 534 g/mol. The molecule has 3 saturated carbocycles. The van der Waals surface area contributed by atoms with Gasteiger partial charge in [0.25, 0.3) is 0 Å². The summed E-state index contributed by atoms with van der Waals surface area (Å²) < 4.78 is 13.1. The van der Waals surface area contributed by atoms with Gasteiger partial charge in [0.2, 0.25) is 0 Å². The smallest absolute Gasteiger partial charge is 0.183 e. The normalized spacial score (nSPS) is 39.1. The summed E-state index contributed by atoms with van der Waals surface area (Å²) in [5.41, 5.74) is 2.64. The largest absolute Gasteiger partial charge is 0.417 e. The Morgan fingerprint density at radius 3 is 1.17 bits per heavy atom. The van der Waals surface area contributed by atoms with Crippen LogP contribution in [-0.2, 0) is 8.85 Å². The molecule has 0 saturated heterocycles. The average Bonchev–Trinajstić information content (AvgIpc) is 2.76. The summed E-state index contributed by atoms with van der Waals surface area (Å²) in [4.78, 5) is 11.2. The van der Waals surface area contributed by atoms with E-state index in [9.17, 15) is 0 Å². The Bertz CT molecular complexity index is 686. The van der Waals surface area contributed by atoms with E-state index in [0.29, 0.717) is 47.6 Å². The SMILES string of the molecule is CC1CCCC(C)C1N=C1CC(CO[Si](C)(C)C)C(CO[Si](C)(C)C)CC1=NC1C(C)CCCC1C. The first-order valence-corrected chi connectivity index (χ1v) is 22.0. The standard InChI is InChI=1S/C30H58N2O2Si2/c1-21-13-11-14-22(2)29(21)31-27-17-25(19-33-35(5,6)7)26(20-34-36(8,9)10)18-28(27)32-30-23(3)15-12-16-24(30)4/h21-26,29-30H,11-20H2,1-10H3. The molecule has 0 radical (unpaired) electrons. The summed E-state index contributed by atoms with van der Waals surface area (Å²) in [5, 5.41) is 0. The maximum absolute atomic E-state index is 6.53. The zero-order valence-electron chi connectivity index (χ0n) is 25.4. The fourth-order valence-electron chi connectivity index (χ4n) is 6.62. The van der Waals surface area contributed by atoms with Gasteiger partial charge in [0.15, 0.2) is 16.6 Å². The minimum Gasteiger partial charge on any atom is -0.417 e. The van der Waals surface area contributed by atoms with Crippen LogP contribution in [0.1, 0.15) is 79.1 Å². The van der Waals surface area contributed by atoms with Crippen LogP contribution in [0.15, 0.2) is 9.98 Å². The molecular formula is C30H58N2O2Si2. The van der Waals surface area contributed by atoms with Crippen molar-refractivity contribution in [3.8, 4) is 0 Å². The molecule has 0 aromatic rings. The first kappa shape index (κ1) is 30.2. The first-order valence-electron chi connectivity index (χ1n) is 15.1. The van der Waals surface area contributed by atoms with Crippen molar-refractivity contribution in [1.82, 2.24) is 0 Å². The summed E-state index contributed by atoms with van der Waals surface area (Å²) in [7, 11) is -3.18. The van der Waals surface area contributed by atoms with Gasteiger partial charge in [-0.05, 0) is 113 Å². The summed E-state index contributed by atoms with van der Waals surface area (Å²) in [6, 6.07) is 0.877. The van der Waals surface area contributed by atoms with Crippen molar-refractivity contribution in [1.29, 1.82) is 0 Å². The van der Waals surface area contributed by atoms with Crippen molar-refractivity contribution in [3.63, 3.8) is 0 Å². The van der Waals surface area contributed by atoms with Crippen molar-refractivity contribution >= 4 is 28.1 Å². The van der Waals surface area contributed by atoms with E-state index in [1.54, 1.807) is 0 Å². The summed E-state index contributed by atoms with van der Waals surface area (Å²) in [5.74, 6) is 3.61. The van der Waals surface area contributed by atoms with Crippen molar-refractivity contribution in [2.75, 3.05) is 13.2 Å². The number of rotatable bonds is 8. The lowest BCUT2D eigenvalue weighted by atomic mass is 9.75. The second-order valence-electron chi connectivity index (χ2n) is 14.7. The molecule has 36 heavy (non-hydrogen) atoms. The van der Waals surface area contributed by atoms with E-state index in [1.807, 2.05) is 0 Å². The first-order chi connectivity index (χ1) is 16.7. The summed E-state index contributed by atoms with van der Waals surface area (Å²) in [6.45, 7) is 25.2. The quantitative estimate of drug-likeness (QED) is 0.294. The second kappa shape index (κ2) is 12.7. The third-order valence-corrected chi connectivity index (χ3v) is 11.0. The van der Waals surface area contributed by atoms with Crippen LogP contribution in [0.25, 0.3) is 0 Å². The number of nitrogens with zero attached hydrogens (tertiary/aromatic N) is 2. The Kier molecular flexibility index (Phi) is 10.7. The van der Waals surface area contributed by atoms with Crippen molar-refractivity contribution < 1.29 is 8.85 Å². The molecule has 0 aromatic heterocycles. The minimum absolute atomic E-state index is 0.438. The molecule has 6 atom stereocenters. The summed E-state index contributed by atoms with van der Waals surface area (Å²) >= 11 is 0. The maximum Gasteiger partial charge on any atom is 0.183 e. The van der Waals surface area contributed by atoms with E-state index < -0.39 is 16.6 Å². The van der Waals surface area contributed by atoms with Crippen LogP contribution in [-0.4, -0.2) is 53.4 Å². The molecule has 0 aliphatic heterocycles. The lowest BCUT2D eigenvalue weighted by Crippen LogP contribution is -2.43. The Morgan fingerprint density at radius 2 is 0.889 bits per heavy atom. The second-order valence-corrected chi connectivity index (χ2v) is 23.7. The molecule has 208 valence electrons. The Labute approximate surface area is 225 Å². The molecule has 3 aliphatic carbocycles. The van der Waals surface area contributed by atoms with Gasteiger partial charge in [-0.3, -0.25) is 9.98 Å². The van der Waals surface area contributed by atoms with Gasteiger partial charge in [0, 0.05) is 13.2 Å². The molecule has 3 fully saturated rings. The molecule has 3 aliphatic rings. The van der Waals surface area contributed by atoms with Crippen LogP contribution in [0, 0.1) is 35.5 Å². The van der Waals surface area contributed by atoms with E-state index >= 15 is 0 Å². The van der Waals surface area contributed by atoms with Crippen molar-refractivity contribution in [2.24, 2.45) is 45.5 Å². The minimum atomic E-state index is -1.59. The lowest BCUT2D eigenvalue weighted by molar-refractivity contribution is 0.139. The van der Waals surface area contributed by atoms with Crippen LogP contribution in [0.3, 0.4) is 0 Å². The molecule has 0 amide bonds. The highest BCUT2D eigenvalue weighted by Gasteiger charge is 2.38. The zero-order valence-corrected chi connectivity index (χ0v) is 27.4. The third-order valence-electron chi connectivity index (χ3n) is 8.95. The Morgan fingerprint density at radius 1 is 0.583 bits per heavy atom. The van der Waals surface area contributed by atoms with Gasteiger partial charge < -0.3 is 8.85 Å². The summed E-state index contributed by atoms with van der Waals surface area (Å²) in [6.07, 6.45) is 9.96. The molecule has 0 bridgehead atoms. The number of hydrogen-bond donors (Lipinski definition) is 0. The highest BCUT2D eigenvalue weighted by Crippen LogP contribution is 2.37. The molecule has 6 heteroatoms. The predicted molar refractivity (Wildman–Crippen MR) is 162 cm³/mol. The van der Waals surface area contributed by atoms with E-state index in [2.05, 4.69) is 67.0 Å². The molecule has 0 spiro atoms. The predicted octanol–water partition coefficient (Wildman–Crippen LogP) is 8.25. The van der Waals surface area contributed by atoms with E-state index in [4.69, 9.17) is 18.8 Å². The number of aliphatic imine (C=N–C) groups is 2. The third kappa shape index (κ3) is 8.88. The highest BCUT2D eigenvalue weighted by atomic mass is 28.4. The van der Waals surface area contributed by atoms with Gasteiger partial charge >= 0.3 is 0 Å². The Hall–Kier alpha value is -0.306. The number of hydrogen-bond acceptors (Lipinski definition) is 4. The van der Waals surface area contributed by atoms with Gasteiger partial charge in [0.05, 0.1) is 23.5 Å². The van der Waals surface area contributed by atoms with Gasteiger partial charge in [-0.2, -0.15) is 0 Å². The molecule has 6 unspecified atom stereocenters. The average molecular weight is 535 g/mol.